The van der Waals surface area contributed by atoms with Gasteiger partial charge in [-0.15, -0.1) is 0 Å². The minimum absolute atomic E-state index is 0.139. The van der Waals surface area contributed by atoms with E-state index < -0.39 is 0 Å². The molecule has 0 aromatic rings. The van der Waals surface area contributed by atoms with Gasteiger partial charge in [-0.25, -0.2) is 0 Å². The molecule has 0 heterocycles. The molecule has 1 heteroatoms. The highest BCUT2D eigenvalue weighted by Crippen LogP contribution is 2.77. The number of hydrogen-bond donors (Lipinski definition) is 1. The molecule has 0 spiro atoms. The topological polar surface area (TPSA) is 20.2 Å². The summed E-state index contributed by atoms with van der Waals surface area (Å²) in [5.41, 5.74) is 3.52. The van der Waals surface area contributed by atoms with Gasteiger partial charge in [0.05, 0.1) is 0 Å². The van der Waals surface area contributed by atoms with Crippen LogP contribution in [0.2, 0.25) is 0 Å². The van der Waals surface area contributed by atoms with E-state index in [0.29, 0.717) is 40.1 Å². The molecule has 1 nitrogen and oxygen atoms in total. The molecule has 0 bridgehead atoms. The molecule has 5 aliphatic carbocycles. The maximum atomic E-state index is 11.1. The number of hydrogen-bond acceptors (Lipinski definition) is 1. The Bertz CT molecular complexity index is 762. The minimum Gasteiger partial charge on any atom is -0.396 e. The van der Waals surface area contributed by atoms with Crippen LogP contribution in [0.25, 0.3) is 0 Å². The Balaban J connectivity index is 1.57. The Morgan fingerprint density at radius 3 is 2.23 bits per heavy atom. The molecule has 176 valence electrons. The van der Waals surface area contributed by atoms with Gasteiger partial charge in [0.2, 0.25) is 0 Å². The van der Waals surface area contributed by atoms with E-state index in [1.165, 1.54) is 64.2 Å². The second kappa shape index (κ2) is 6.86. The second-order valence-corrected chi connectivity index (χ2v) is 14.5. The molecule has 0 amide bonds. The molecule has 0 aliphatic heterocycles. The first-order chi connectivity index (χ1) is 14.5. The van der Waals surface area contributed by atoms with E-state index in [-0.39, 0.29) is 5.41 Å². The van der Waals surface area contributed by atoms with Crippen LogP contribution in [0.4, 0.5) is 0 Å². The Morgan fingerprint density at radius 1 is 0.871 bits per heavy atom. The molecule has 0 aromatic carbocycles. The lowest BCUT2D eigenvalue weighted by atomic mass is 9.33. The van der Waals surface area contributed by atoms with Gasteiger partial charge in [0.1, 0.15) is 0 Å². The summed E-state index contributed by atoms with van der Waals surface area (Å²) >= 11 is 0. The van der Waals surface area contributed by atoms with Gasteiger partial charge in [0.15, 0.2) is 0 Å². The van der Waals surface area contributed by atoms with Crippen molar-refractivity contribution in [2.75, 3.05) is 6.61 Å². The van der Waals surface area contributed by atoms with E-state index in [2.05, 4.69) is 54.5 Å². The molecule has 0 radical (unpaired) electrons. The van der Waals surface area contributed by atoms with Gasteiger partial charge in [-0.05, 0) is 109 Å². The zero-order chi connectivity index (χ0) is 22.4. The van der Waals surface area contributed by atoms with Gasteiger partial charge in [0.25, 0.3) is 0 Å². The Hall–Kier alpha value is -0.300. The van der Waals surface area contributed by atoms with Gasteiger partial charge in [0, 0.05) is 12.0 Å². The summed E-state index contributed by atoms with van der Waals surface area (Å²) in [5, 5.41) is 11.1. The quantitative estimate of drug-likeness (QED) is 0.443. The van der Waals surface area contributed by atoms with E-state index in [4.69, 9.17) is 0 Å². The summed E-state index contributed by atoms with van der Waals surface area (Å²) in [7, 11) is 0. The van der Waals surface area contributed by atoms with Crippen molar-refractivity contribution in [1.82, 2.24) is 0 Å². The van der Waals surface area contributed by atoms with Crippen LogP contribution in [-0.4, -0.2) is 11.7 Å². The molecule has 0 saturated heterocycles. The van der Waals surface area contributed by atoms with E-state index in [1.807, 2.05) is 0 Å². The van der Waals surface area contributed by atoms with Crippen LogP contribution in [0.3, 0.4) is 0 Å². The summed E-state index contributed by atoms with van der Waals surface area (Å²) in [5.74, 6) is 3.87. The van der Waals surface area contributed by atoms with Crippen LogP contribution in [0, 0.1) is 56.7 Å². The summed E-state index contributed by atoms with van der Waals surface area (Å²) in [6.45, 7) is 18.4. The third-order valence-electron chi connectivity index (χ3n) is 13.1. The van der Waals surface area contributed by atoms with Crippen molar-refractivity contribution in [3.8, 4) is 0 Å². The smallest absolute Gasteiger partial charge is 0.0496 e. The summed E-state index contributed by atoms with van der Waals surface area (Å²) < 4.78 is 0. The summed E-state index contributed by atoms with van der Waals surface area (Å²) in [6.07, 6.45) is 16.2. The fraction of sp³-hybridized carbons (Fsp3) is 0.933. The van der Waals surface area contributed by atoms with Crippen molar-refractivity contribution >= 4 is 0 Å². The van der Waals surface area contributed by atoms with Crippen molar-refractivity contribution in [3.63, 3.8) is 0 Å². The third kappa shape index (κ3) is 2.65. The monoisotopic (exact) mass is 426 g/mol. The number of aliphatic hydroxyl groups is 1. The van der Waals surface area contributed by atoms with E-state index in [0.717, 1.165) is 17.8 Å². The predicted molar refractivity (Wildman–Crippen MR) is 131 cm³/mol. The van der Waals surface area contributed by atoms with Crippen LogP contribution in [-0.2, 0) is 0 Å². The van der Waals surface area contributed by atoms with Gasteiger partial charge in [-0.1, -0.05) is 66.5 Å². The highest BCUT2D eigenvalue weighted by Gasteiger charge is 2.70. The SMILES string of the molecule is CC(C)C1CCC2C1(C)CCC1(C)C3CC=C4C(CCCC4(C)C)C3(CO)CCC21C. The average Bonchev–Trinajstić information content (AvgIpc) is 3.07. The number of allylic oxidation sites excluding steroid dienone is 2. The van der Waals surface area contributed by atoms with Crippen molar-refractivity contribution < 1.29 is 5.11 Å². The standard InChI is InChI=1S/C30H50O/c1-20(2)21-10-12-24-27(21,5)15-16-29(7)25-13-11-22-23(9-8-14-26(22,3)4)30(25,19-31)18-17-28(24,29)6/h11,20-21,23-25,31H,8-10,12-19H2,1-7H3. The number of rotatable bonds is 2. The zero-order valence-corrected chi connectivity index (χ0v) is 21.7. The molecule has 4 fully saturated rings. The fourth-order valence-electron chi connectivity index (χ4n) is 11.3. The van der Waals surface area contributed by atoms with Crippen LogP contribution in [0.5, 0.6) is 0 Å². The fourth-order valence-corrected chi connectivity index (χ4v) is 11.3. The van der Waals surface area contributed by atoms with Crippen LogP contribution >= 0.6 is 0 Å². The van der Waals surface area contributed by atoms with Gasteiger partial charge >= 0.3 is 0 Å². The molecular formula is C30H50O. The molecule has 5 rings (SSSR count). The Kier molecular flexibility index (Phi) is 4.98. The zero-order valence-electron chi connectivity index (χ0n) is 21.7. The maximum Gasteiger partial charge on any atom is 0.0496 e. The first-order valence-corrected chi connectivity index (χ1v) is 13.8. The molecule has 1 N–H and O–H groups in total. The van der Waals surface area contributed by atoms with Crippen molar-refractivity contribution in [2.45, 2.75) is 113 Å². The summed E-state index contributed by atoms with van der Waals surface area (Å²) in [6, 6.07) is 0. The summed E-state index contributed by atoms with van der Waals surface area (Å²) in [4.78, 5) is 0. The van der Waals surface area contributed by atoms with Crippen LogP contribution in [0.15, 0.2) is 11.6 Å². The lowest BCUT2D eigenvalue weighted by Gasteiger charge is -2.71. The number of aliphatic hydroxyl groups excluding tert-OH is 1. The van der Waals surface area contributed by atoms with Crippen LogP contribution < -0.4 is 0 Å². The van der Waals surface area contributed by atoms with Gasteiger partial charge < -0.3 is 5.11 Å². The first-order valence-electron chi connectivity index (χ1n) is 13.8. The largest absolute Gasteiger partial charge is 0.396 e. The third-order valence-corrected chi connectivity index (χ3v) is 13.1. The second-order valence-electron chi connectivity index (χ2n) is 14.5. The number of fused-ring (bicyclic) bond motifs is 7. The normalized spacial score (nSPS) is 53.3. The lowest BCUT2D eigenvalue weighted by Crippen LogP contribution is -2.65. The molecule has 8 atom stereocenters. The average molecular weight is 427 g/mol. The first kappa shape index (κ1) is 22.5. The molecular weight excluding hydrogens is 376 g/mol. The predicted octanol–water partition coefficient (Wildman–Crippen LogP) is 8.03. The minimum atomic E-state index is 0.139. The Labute approximate surface area is 192 Å². The maximum absolute atomic E-state index is 11.1. The van der Waals surface area contributed by atoms with Gasteiger partial charge in [-0.2, -0.15) is 0 Å². The molecule has 4 saturated carbocycles. The molecule has 5 aliphatic rings. The van der Waals surface area contributed by atoms with E-state index >= 15 is 0 Å². The lowest BCUT2D eigenvalue weighted by molar-refractivity contribution is -0.224. The van der Waals surface area contributed by atoms with Crippen molar-refractivity contribution in [2.24, 2.45) is 56.7 Å². The van der Waals surface area contributed by atoms with Crippen molar-refractivity contribution in [1.29, 1.82) is 0 Å². The van der Waals surface area contributed by atoms with E-state index in [9.17, 15) is 5.11 Å². The molecule has 31 heavy (non-hydrogen) atoms. The van der Waals surface area contributed by atoms with Crippen LogP contribution in [0.1, 0.15) is 113 Å². The van der Waals surface area contributed by atoms with Crippen molar-refractivity contribution in [3.05, 3.63) is 11.6 Å². The molecule has 0 aromatic heterocycles. The highest BCUT2D eigenvalue weighted by atomic mass is 16.3. The Morgan fingerprint density at radius 2 is 1.55 bits per heavy atom. The van der Waals surface area contributed by atoms with Gasteiger partial charge in [-0.3, -0.25) is 0 Å². The molecule has 8 unspecified atom stereocenters. The highest BCUT2D eigenvalue weighted by molar-refractivity contribution is 5.30. The van der Waals surface area contributed by atoms with E-state index in [1.54, 1.807) is 5.57 Å².